The second-order valence-electron chi connectivity index (χ2n) is 4.46. The molecule has 1 aromatic rings. The van der Waals surface area contributed by atoms with Gasteiger partial charge in [0.25, 0.3) is 0 Å². The molecular formula is C15H18O. The van der Waals surface area contributed by atoms with Crippen molar-refractivity contribution in [1.29, 1.82) is 0 Å². The number of benzene rings is 1. The zero-order valence-electron chi connectivity index (χ0n) is 9.61. The van der Waals surface area contributed by atoms with Gasteiger partial charge in [-0.2, -0.15) is 0 Å². The Kier molecular flexibility index (Phi) is 3.92. The fourth-order valence-electron chi connectivity index (χ4n) is 2.16. The molecule has 0 atom stereocenters. The lowest BCUT2D eigenvalue weighted by molar-refractivity contribution is -0.118. The topological polar surface area (TPSA) is 17.1 Å². The van der Waals surface area contributed by atoms with E-state index in [2.05, 4.69) is 30.3 Å². The molecule has 0 heterocycles. The quantitative estimate of drug-likeness (QED) is 0.701. The van der Waals surface area contributed by atoms with Crippen molar-refractivity contribution in [2.45, 2.75) is 38.5 Å². The van der Waals surface area contributed by atoms with Crippen LogP contribution in [0.2, 0.25) is 0 Å². The molecule has 0 N–H and O–H groups in total. The lowest BCUT2D eigenvalue weighted by Gasteiger charge is -2.04. The Morgan fingerprint density at radius 3 is 2.69 bits per heavy atom. The largest absolute Gasteiger partial charge is 0.299 e. The molecule has 0 radical (unpaired) electrons. The van der Waals surface area contributed by atoms with Crippen molar-refractivity contribution in [3.05, 3.63) is 47.5 Å². The van der Waals surface area contributed by atoms with Gasteiger partial charge in [-0.25, -0.2) is 0 Å². The minimum absolute atomic E-state index is 0.414. The normalized spacial score (nSPS) is 16.8. The highest BCUT2D eigenvalue weighted by Crippen LogP contribution is 2.19. The molecule has 0 unspecified atom stereocenters. The Morgan fingerprint density at radius 1 is 1.06 bits per heavy atom. The molecule has 16 heavy (non-hydrogen) atoms. The van der Waals surface area contributed by atoms with Crippen LogP contribution in [0.25, 0.3) is 0 Å². The molecule has 0 spiro atoms. The van der Waals surface area contributed by atoms with Gasteiger partial charge in [0.1, 0.15) is 5.78 Å². The summed E-state index contributed by atoms with van der Waals surface area (Å²) >= 11 is 0. The summed E-state index contributed by atoms with van der Waals surface area (Å²) in [5.74, 6) is 0.414. The average molecular weight is 214 g/mol. The third kappa shape index (κ3) is 3.34. The molecule has 84 valence electrons. The predicted molar refractivity (Wildman–Crippen MR) is 66.3 cm³/mol. The van der Waals surface area contributed by atoms with Crippen LogP contribution in [0.1, 0.15) is 37.7 Å². The molecule has 0 amide bonds. The summed E-state index contributed by atoms with van der Waals surface area (Å²) in [7, 11) is 0. The van der Waals surface area contributed by atoms with Crippen LogP contribution >= 0.6 is 0 Å². The lowest BCUT2D eigenvalue weighted by Crippen LogP contribution is -1.98. The zero-order chi connectivity index (χ0) is 11.2. The Bertz CT molecular complexity index is 376. The number of allylic oxidation sites excluding steroid dienone is 2. The number of Topliss-reactive ketones (excluding diaryl/α,β-unsaturated/α-hetero) is 1. The summed E-state index contributed by atoms with van der Waals surface area (Å²) in [6, 6.07) is 10.5. The molecule has 0 aromatic heterocycles. The Balaban J connectivity index is 1.90. The minimum atomic E-state index is 0.414. The number of carbonyl (C=O) groups is 1. The molecule has 0 saturated heterocycles. The van der Waals surface area contributed by atoms with Crippen LogP contribution in [0.5, 0.6) is 0 Å². The van der Waals surface area contributed by atoms with E-state index in [0.717, 1.165) is 32.1 Å². The van der Waals surface area contributed by atoms with Gasteiger partial charge in [0, 0.05) is 12.8 Å². The van der Waals surface area contributed by atoms with E-state index in [1.807, 2.05) is 6.07 Å². The fraction of sp³-hybridized carbons (Fsp3) is 0.400. The lowest BCUT2D eigenvalue weighted by atomic mass is 10.0. The molecular weight excluding hydrogens is 196 g/mol. The maximum atomic E-state index is 11.5. The number of carbonyl (C=O) groups excluding carboxylic acids is 1. The van der Waals surface area contributed by atoms with Gasteiger partial charge in [-0.1, -0.05) is 42.0 Å². The van der Waals surface area contributed by atoms with E-state index in [0.29, 0.717) is 12.2 Å². The summed E-state index contributed by atoms with van der Waals surface area (Å²) in [6.45, 7) is 0. The van der Waals surface area contributed by atoms with Crippen LogP contribution in [-0.2, 0) is 11.2 Å². The van der Waals surface area contributed by atoms with Gasteiger partial charge in [0.15, 0.2) is 0 Å². The van der Waals surface area contributed by atoms with Gasteiger partial charge < -0.3 is 0 Å². The number of ketones is 1. The van der Waals surface area contributed by atoms with Gasteiger partial charge in [-0.3, -0.25) is 4.79 Å². The van der Waals surface area contributed by atoms with Crippen molar-refractivity contribution < 1.29 is 4.79 Å². The molecule has 0 bridgehead atoms. The average Bonchev–Trinajstić information content (AvgIpc) is 2.52. The number of hydrogen-bond acceptors (Lipinski definition) is 1. The fourth-order valence-corrected chi connectivity index (χ4v) is 2.16. The first-order valence-corrected chi connectivity index (χ1v) is 6.08. The minimum Gasteiger partial charge on any atom is -0.299 e. The van der Waals surface area contributed by atoms with Crippen LogP contribution < -0.4 is 0 Å². The smallest absolute Gasteiger partial charge is 0.136 e. The van der Waals surface area contributed by atoms with Gasteiger partial charge in [-0.05, 0) is 31.2 Å². The van der Waals surface area contributed by atoms with Crippen LogP contribution in [0, 0.1) is 0 Å². The van der Waals surface area contributed by atoms with Crippen LogP contribution in [0.15, 0.2) is 42.0 Å². The third-order valence-electron chi connectivity index (χ3n) is 3.09. The van der Waals surface area contributed by atoms with Crippen LogP contribution in [0.3, 0.4) is 0 Å². The van der Waals surface area contributed by atoms with Gasteiger partial charge in [0.2, 0.25) is 0 Å². The van der Waals surface area contributed by atoms with Gasteiger partial charge in [0.05, 0.1) is 0 Å². The van der Waals surface area contributed by atoms with E-state index in [-0.39, 0.29) is 0 Å². The zero-order valence-corrected chi connectivity index (χ0v) is 9.61. The highest BCUT2D eigenvalue weighted by molar-refractivity contribution is 5.81. The molecule has 2 rings (SSSR count). The van der Waals surface area contributed by atoms with E-state index >= 15 is 0 Å². The maximum Gasteiger partial charge on any atom is 0.136 e. The Hall–Kier alpha value is -1.37. The van der Waals surface area contributed by atoms with E-state index in [1.165, 1.54) is 11.1 Å². The second kappa shape index (κ2) is 5.64. The third-order valence-corrected chi connectivity index (χ3v) is 3.09. The first-order chi connectivity index (χ1) is 7.84. The number of rotatable bonds is 3. The van der Waals surface area contributed by atoms with E-state index in [9.17, 15) is 4.79 Å². The van der Waals surface area contributed by atoms with Crippen molar-refractivity contribution >= 4 is 5.78 Å². The summed E-state index contributed by atoms with van der Waals surface area (Å²) in [6.07, 6.45) is 7.94. The Labute approximate surface area is 97.2 Å². The highest BCUT2D eigenvalue weighted by Gasteiger charge is 2.09. The monoisotopic (exact) mass is 214 g/mol. The van der Waals surface area contributed by atoms with Crippen molar-refractivity contribution in [3.63, 3.8) is 0 Å². The van der Waals surface area contributed by atoms with Gasteiger partial charge >= 0.3 is 0 Å². The molecule has 1 nitrogen and oxygen atoms in total. The van der Waals surface area contributed by atoms with Gasteiger partial charge in [-0.15, -0.1) is 0 Å². The molecule has 1 aliphatic carbocycles. The first-order valence-electron chi connectivity index (χ1n) is 6.08. The second-order valence-corrected chi connectivity index (χ2v) is 4.46. The summed E-state index contributed by atoms with van der Waals surface area (Å²) in [5, 5.41) is 0. The molecule has 0 aliphatic heterocycles. The van der Waals surface area contributed by atoms with E-state index in [4.69, 9.17) is 0 Å². The molecule has 0 fully saturated rings. The van der Waals surface area contributed by atoms with E-state index in [1.54, 1.807) is 0 Å². The summed E-state index contributed by atoms with van der Waals surface area (Å²) in [5.41, 5.74) is 2.70. The van der Waals surface area contributed by atoms with E-state index < -0.39 is 0 Å². The highest BCUT2D eigenvalue weighted by atomic mass is 16.1. The molecule has 1 aliphatic rings. The number of hydrogen-bond donors (Lipinski definition) is 0. The SMILES string of the molecule is O=C1CCCC=C(CCc2ccccc2)C1. The molecule has 0 saturated carbocycles. The van der Waals surface area contributed by atoms with Crippen molar-refractivity contribution in [1.82, 2.24) is 0 Å². The predicted octanol–water partition coefficient (Wildman–Crippen LogP) is 3.69. The Morgan fingerprint density at radius 2 is 1.88 bits per heavy atom. The maximum absolute atomic E-state index is 11.5. The summed E-state index contributed by atoms with van der Waals surface area (Å²) < 4.78 is 0. The number of aryl methyl sites for hydroxylation is 1. The summed E-state index contributed by atoms with van der Waals surface area (Å²) in [4.78, 5) is 11.5. The van der Waals surface area contributed by atoms with Crippen LogP contribution in [-0.4, -0.2) is 5.78 Å². The first kappa shape index (κ1) is 11.1. The van der Waals surface area contributed by atoms with Crippen molar-refractivity contribution in [2.75, 3.05) is 0 Å². The van der Waals surface area contributed by atoms with Crippen molar-refractivity contribution in [2.24, 2.45) is 0 Å². The molecule has 1 heteroatoms. The van der Waals surface area contributed by atoms with Crippen LogP contribution in [0.4, 0.5) is 0 Å². The molecule has 1 aromatic carbocycles. The van der Waals surface area contributed by atoms with Crippen molar-refractivity contribution in [3.8, 4) is 0 Å². The standard InChI is InChI=1S/C15H18O/c16-15-9-5-4-8-14(12-15)11-10-13-6-2-1-3-7-13/h1-3,6-8H,4-5,9-12H2.